The van der Waals surface area contributed by atoms with Crippen molar-refractivity contribution in [3.63, 3.8) is 0 Å². The molecule has 0 N–H and O–H groups in total. The third-order valence-electron chi connectivity index (χ3n) is 8.48. The zero-order valence-electron chi connectivity index (χ0n) is 18.9. The molecule has 170 valence electrons. The Kier molecular flexibility index (Phi) is 3.91. The van der Waals surface area contributed by atoms with Gasteiger partial charge in [0.15, 0.2) is 5.65 Å². The third kappa shape index (κ3) is 3.03. The number of amides is 1. The fourth-order valence-corrected chi connectivity index (χ4v) is 5.97. The van der Waals surface area contributed by atoms with Gasteiger partial charge in [0.05, 0.1) is 5.56 Å². The first kappa shape index (κ1) is 19.3. The highest BCUT2D eigenvalue weighted by Crippen LogP contribution is 2.55. The number of carbonyl (C=O) groups is 1. The Morgan fingerprint density at radius 1 is 1.12 bits per heavy atom. The number of hydrogen-bond acceptors (Lipinski definition) is 5. The van der Waals surface area contributed by atoms with Gasteiger partial charge in [-0.1, -0.05) is 0 Å². The molecule has 33 heavy (non-hydrogen) atoms. The summed E-state index contributed by atoms with van der Waals surface area (Å²) in [6.07, 6.45) is 10.8. The highest BCUT2D eigenvalue weighted by atomic mass is 16.2. The van der Waals surface area contributed by atoms with Gasteiger partial charge in [-0.15, -0.1) is 0 Å². The molecular formula is C25H28N6O2. The Labute approximate surface area is 191 Å². The van der Waals surface area contributed by atoms with Crippen LogP contribution in [0.15, 0.2) is 35.4 Å². The number of fused-ring (bicyclic) bond motifs is 4. The van der Waals surface area contributed by atoms with E-state index in [1.165, 1.54) is 29.5 Å². The second-order valence-electron chi connectivity index (χ2n) is 10.5. The van der Waals surface area contributed by atoms with Gasteiger partial charge in [0.1, 0.15) is 5.82 Å². The second kappa shape index (κ2) is 6.68. The molecule has 1 amide bonds. The fourth-order valence-electron chi connectivity index (χ4n) is 5.97. The Hall–Kier alpha value is -3.16. The van der Waals surface area contributed by atoms with E-state index in [9.17, 15) is 9.59 Å². The van der Waals surface area contributed by atoms with E-state index >= 15 is 0 Å². The molecular weight excluding hydrogens is 416 g/mol. The first-order valence-corrected chi connectivity index (χ1v) is 12.1. The van der Waals surface area contributed by atoms with E-state index in [0.717, 1.165) is 56.0 Å². The summed E-state index contributed by atoms with van der Waals surface area (Å²) < 4.78 is 2.91. The van der Waals surface area contributed by atoms with Crippen molar-refractivity contribution in [1.82, 2.24) is 24.1 Å². The number of aromatic nitrogens is 4. The van der Waals surface area contributed by atoms with Crippen LogP contribution < -0.4 is 10.6 Å². The average Bonchev–Trinajstić information content (AvgIpc) is 3.74. The summed E-state index contributed by atoms with van der Waals surface area (Å²) in [6, 6.07) is 6.02. The number of carbonyl (C=O) groups excluding carboxylic acids is 1. The summed E-state index contributed by atoms with van der Waals surface area (Å²) >= 11 is 0. The van der Waals surface area contributed by atoms with E-state index in [-0.39, 0.29) is 11.6 Å². The van der Waals surface area contributed by atoms with Crippen LogP contribution in [0.1, 0.15) is 60.4 Å². The molecule has 5 heterocycles. The van der Waals surface area contributed by atoms with Crippen molar-refractivity contribution in [1.29, 1.82) is 0 Å². The Morgan fingerprint density at radius 2 is 1.94 bits per heavy atom. The lowest BCUT2D eigenvalue weighted by Gasteiger charge is -2.32. The highest BCUT2D eigenvalue weighted by molar-refractivity contribution is 5.94. The first-order valence-electron chi connectivity index (χ1n) is 12.1. The maximum absolute atomic E-state index is 13.3. The number of pyridine rings is 2. The molecule has 2 aliphatic carbocycles. The van der Waals surface area contributed by atoms with Crippen molar-refractivity contribution in [3.8, 4) is 0 Å². The molecule has 1 spiro atoms. The number of rotatable bonds is 2. The van der Waals surface area contributed by atoms with Crippen molar-refractivity contribution in [2.75, 3.05) is 24.5 Å². The molecule has 8 nitrogen and oxygen atoms in total. The van der Waals surface area contributed by atoms with Gasteiger partial charge in [0, 0.05) is 50.8 Å². The van der Waals surface area contributed by atoms with E-state index in [1.807, 2.05) is 17.0 Å². The van der Waals surface area contributed by atoms with E-state index in [4.69, 9.17) is 4.98 Å². The molecule has 7 rings (SSSR count). The van der Waals surface area contributed by atoms with E-state index in [1.54, 1.807) is 23.8 Å². The largest absolute Gasteiger partial charge is 0.350 e. The Balaban J connectivity index is 1.23. The van der Waals surface area contributed by atoms with Gasteiger partial charge in [-0.3, -0.25) is 9.20 Å². The van der Waals surface area contributed by atoms with Crippen LogP contribution in [0.5, 0.6) is 0 Å². The predicted molar refractivity (Wildman–Crippen MR) is 124 cm³/mol. The second-order valence-corrected chi connectivity index (χ2v) is 10.5. The molecule has 0 aromatic carbocycles. The topological polar surface area (TPSA) is 75.7 Å². The number of nitrogens with zero attached hydrogens (tertiary/aromatic N) is 6. The lowest BCUT2D eigenvalue weighted by molar-refractivity contribution is 0.0678. The number of likely N-dealkylation sites (tertiary alicyclic amines) is 1. The van der Waals surface area contributed by atoms with Gasteiger partial charge in [0.25, 0.3) is 5.91 Å². The molecule has 0 radical (unpaired) electrons. The normalized spacial score (nSPS) is 25.0. The molecule has 3 aromatic rings. The average molecular weight is 445 g/mol. The molecule has 3 aromatic heterocycles. The summed E-state index contributed by atoms with van der Waals surface area (Å²) in [4.78, 5) is 34.6. The van der Waals surface area contributed by atoms with Crippen LogP contribution in [0.25, 0.3) is 5.65 Å². The number of aryl methyl sites for hydroxylation is 1. The first-order chi connectivity index (χ1) is 16.0. The maximum atomic E-state index is 13.3. The van der Waals surface area contributed by atoms with Crippen LogP contribution in [-0.4, -0.2) is 49.6 Å². The predicted octanol–water partition coefficient (Wildman–Crippen LogP) is 3.09. The summed E-state index contributed by atoms with van der Waals surface area (Å²) in [7, 11) is 1.66. The number of anilines is 2. The van der Waals surface area contributed by atoms with Gasteiger partial charge in [0.2, 0.25) is 0 Å². The monoisotopic (exact) mass is 444 g/mol. The minimum atomic E-state index is -0.152. The van der Waals surface area contributed by atoms with E-state index < -0.39 is 0 Å². The molecule has 2 atom stereocenters. The molecule has 1 saturated heterocycles. The van der Waals surface area contributed by atoms with Crippen molar-refractivity contribution in [2.45, 2.75) is 44.4 Å². The van der Waals surface area contributed by atoms with Gasteiger partial charge in [-0.05, 0) is 73.5 Å². The molecule has 8 heteroatoms. The van der Waals surface area contributed by atoms with Gasteiger partial charge < -0.3 is 9.80 Å². The molecule has 2 unspecified atom stereocenters. The van der Waals surface area contributed by atoms with Crippen LogP contribution >= 0.6 is 0 Å². The van der Waals surface area contributed by atoms with Crippen LogP contribution in [0.2, 0.25) is 0 Å². The maximum Gasteiger partial charge on any atom is 0.350 e. The SMILES string of the molecule is Cn1nc2cc(N3CCC4CC4c4cc(C(=O)N5CCC6(CC5)CC6)cnc43)ccn2c1=O. The van der Waals surface area contributed by atoms with Crippen molar-refractivity contribution in [2.24, 2.45) is 18.4 Å². The zero-order chi connectivity index (χ0) is 22.3. The Bertz CT molecular complexity index is 1340. The van der Waals surface area contributed by atoms with Gasteiger partial charge in [-0.25, -0.2) is 14.5 Å². The molecule has 4 aliphatic rings. The number of piperidine rings is 1. The fraction of sp³-hybridized carbons (Fsp3) is 0.520. The molecule has 0 bridgehead atoms. The number of hydrogen-bond donors (Lipinski definition) is 0. The molecule has 3 fully saturated rings. The van der Waals surface area contributed by atoms with Crippen molar-refractivity contribution >= 4 is 23.1 Å². The lowest BCUT2D eigenvalue weighted by Crippen LogP contribution is -2.39. The van der Waals surface area contributed by atoms with Crippen LogP contribution in [0.4, 0.5) is 11.5 Å². The Morgan fingerprint density at radius 3 is 2.73 bits per heavy atom. The molecule has 2 saturated carbocycles. The summed E-state index contributed by atoms with van der Waals surface area (Å²) in [5.41, 5.74) is 3.93. The van der Waals surface area contributed by atoms with Crippen LogP contribution in [-0.2, 0) is 7.05 Å². The van der Waals surface area contributed by atoms with Crippen LogP contribution in [0, 0.1) is 11.3 Å². The van der Waals surface area contributed by atoms with Crippen molar-refractivity contribution in [3.05, 3.63) is 52.2 Å². The van der Waals surface area contributed by atoms with Gasteiger partial charge in [-0.2, -0.15) is 5.10 Å². The highest BCUT2D eigenvalue weighted by Gasteiger charge is 2.46. The quantitative estimate of drug-likeness (QED) is 0.607. The van der Waals surface area contributed by atoms with E-state index in [2.05, 4.69) is 16.1 Å². The van der Waals surface area contributed by atoms with Gasteiger partial charge >= 0.3 is 5.69 Å². The van der Waals surface area contributed by atoms with Crippen molar-refractivity contribution < 1.29 is 4.79 Å². The summed E-state index contributed by atoms with van der Waals surface area (Å²) in [5.74, 6) is 2.21. The standard InChI is InChI=1S/C25H28N6O2/c1-28-24(33)31-9-3-18(14-21(31)27-28)30-8-2-16-12-19(16)20-13-17(15-26-22(20)30)23(32)29-10-6-25(4-5-25)7-11-29/h3,9,13-16,19H,2,4-8,10-12H2,1H3. The minimum Gasteiger partial charge on any atom is -0.339 e. The van der Waals surface area contributed by atoms with Crippen LogP contribution in [0.3, 0.4) is 0 Å². The summed E-state index contributed by atoms with van der Waals surface area (Å²) in [5, 5.41) is 4.34. The minimum absolute atomic E-state index is 0.128. The third-order valence-corrected chi connectivity index (χ3v) is 8.48. The lowest BCUT2D eigenvalue weighted by atomic mass is 9.93. The molecule has 2 aliphatic heterocycles. The van der Waals surface area contributed by atoms with E-state index in [0.29, 0.717) is 22.9 Å². The smallest absolute Gasteiger partial charge is 0.339 e. The zero-order valence-corrected chi connectivity index (χ0v) is 18.9. The summed E-state index contributed by atoms with van der Waals surface area (Å²) in [6.45, 7) is 2.62.